The molecule has 0 saturated carbocycles. The topological polar surface area (TPSA) is 89.1 Å². The molecular weight excluding hydrogens is 330 g/mol. The van der Waals surface area contributed by atoms with Crippen molar-refractivity contribution in [1.29, 1.82) is 0 Å². The number of phenolic OH excluding ortho intramolecular Hbond substituents is 1. The molecule has 6 heteroatoms. The number of nitrogens with zero attached hydrogens (tertiary/aromatic N) is 1. The van der Waals surface area contributed by atoms with E-state index >= 15 is 0 Å². The van der Waals surface area contributed by atoms with Gasteiger partial charge >= 0.3 is 0 Å². The fourth-order valence-electron chi connectivity index (χ4n) is 2.74. The predicted octanol–water partition coefficient (Wildman–Crippen LogP) is 2.67. The fourth-order valence-corrected chi connectivity index (χ4v) is 2.74. The molecule has 0 aliphatic carbocycles. The quantitative estimate of drug-likeness (QED) is 0.524. The molecule has 140 valence electrons. The Kier molecular flexibility index (Phi) is 6.72. The van der Waals surface area contributed by atoms with Gasteiger partial charge in [-0.05, 0) is 54.7 Å². The maximum Gasteiger partial charge on any atom is 0.188 e. The number of aliphatic imine (C=N–C) groups is 1. The van der Waals surface area contributed by atoms with Crippen LogP contribution in [-0.4, -0.2) is 31.8 Å². The smallest absolute Gasteiger partial charge is 0.188 e. The summed E-state index contributed by atoms with van der Waals surface area (Å²) in [5.74, 6) is 2.15. The van der Waals surface area contributed by atoms with Crippen LogP contribution in [0.4, 0.5) is 0 Å². The number of rotatable bonds is 7. The molecular formula is C20H27N3O3. The van der Waals surface area contributed by atoms with E-state index in [4.69, 9.17) is 15.2 Å². The highest BCUT2D eigenvalue weighted by molar-refractivity contribution is 5.77. The number of nitrogens with one attached hydrogen (secondary N) is 1. The van der Waals surface area contributed by atoms with Gasteiger partial charge in [-0.1, -0.05) is 18.2 Å². The SMILES string of the molecule is COc1ccc(CCNC(N)=NCc2cc(C)c(O)c(C)c2)cc1OC. The Bertz CT molecular complexity index is 765. The highest BCUT2D eigenvalue weighted by atomic mass is 16.5. The van der Waals surface area contributed by atoms with Gasteiger partial charge in [0.15, 0.2) is 17.5 Å². The molecule has 0 unspecified atom stereocenters. The zero-order chi connectivity index (χ0) is 19.1. The number of ether oxygens (including phenoxy) is 2. The number of hydrogen-bond acceptors (Lipinski definition) is 4. The molecule has 2 aromatic rings. The van der Waals surface area contributed by atoms with Crippen molar-refractivity contribution in [2.24, 2.45) is 10.7 Å². The van der Waals surface area contributed by atoms with E-state index in [9.17, 15) is 5.11 Å². The Labute approximate surface area is 154 Å². The zero-order valence-corrected chi connectivity index (χ0v) is 15.8. The van der Waals surface area contributed by atoms with Crippen molar-refractivity contribution in [3.05, 3.63) is 52.6 Å². The van der Waals surface area contributed by atoms with E-state index in [1.807, 2.05) is 44.2 Å². The van der Waals surface area contributed by atoms with Gasteiger partial charge in [0.2, 0.25) is 0 Å². The van der Waals surface area contributed by atoms with Crippen molar-refractivity contribution in [3.8, 4) is 17.2 Å². The number of hydrogen-bond donors (Lipinski definition) is 3. The molecule has 0 heterocycles. The third-order valence-corrected chi connectivity index (χ3v) is 4.15. The van der Waals surface area contributed by atoms with Crippen molar-refractivity contribution in [1.82, 2.24) is 5.32 Å². The second-order valence-electron chi connectivity index (χ2n) is 6.15. The largest absolute Gasteiger partial charge is 0.507 e. The van der Waals surface area contributed by atoms with Crippen LogP contribution in [0.3, 0.4) is 0 Å². The highest BCUT2D eigenvalue weighted by Crippen LogP contribution is 2.27. The minimum Gasteiger partial charge on any atom is -0.507 e. The predicted molar refractivity (Wildman–Crippen MR) is 104 cm³/mol. The lowest BCUT2D eigenvalue weighted by Gasteiger charge is -2.10. The Balaban J connectivity index is 1.88. The summed E-state index contributed by atoms with van der Waals surface area (Å²) in [5, 5.41) is 12.9. The number of phenols is 1. The normalized spacial score (nSPS) is 11.3. The first-order valence-corrected chi connectivity index (χ1v) is 8.48. The van der Waals surface area contributed by atoms with E-state index in [1.54, 1.807) is 14.2 Å². The lowest BCUT2D eigenvalue weighted by atomic mass is 10.1. The summed E-state index contributed by atoms with van der Waals surface area (Å²) in [4.78, 5) is 4.36. The van der Waals surface area contributed by atoms with Crippen LogP contribution in [0.1, 0.15) is 22.3 Å². The Morgan fingerprint density at radius 2 is 1.69 bits per heavy atom. The molecule has 2 aromatic carbocycles. The number of nitrogens with two attached hydrogens (primary N) is 1. The number of benzene rings is 2. The summed E-state index contributed by atoms with van der Waals surface area (Å²) in [6, 6.07) is 9.68. The van der Waals surface area contributed by atoms with Crippen LogP contribution in [0.5, 0.6) is 17.2 Å². The van der Waals surface area contributed by atoms with E-state index in [1.165, 1.54) is 0 Å². The van der Waals surface area contributed by atoms with E-state index < -0.39 is 0 Å². The molecule has 0 radical (unpaired) electrons. The molecule has 0 bridgehead atoms. The number of methoxy groups -OCH3 is 2. The lowest BCUT2D eigenvalue weighted by Crippen LogP contribution is -2.33. The minimum absolute atomic E-state index is 0.332. The molecule has 0 aliphatic heterocycles. The van der Waals surface area contributed by atoms with Crippen molar-refractivity contribution < 1.29 is 14.6 Å². The fraction of sp³-hybridized carbons (Fsp3) is 0.350. The van der Waals surface area contributed by atoms with Crippen LogP contribution < -0.4 is 20.5 Å². The first-order valence-electron chi connectivity index (χ1n) is 8.48. The zero-order valence-electron chi connectivity index (χ0n) is 15.8. The van der Waals surface area contributed by atoms with Gasteiger partial charge in [-0.2, -0.15) is 0 Å². The third kappa shape index (κ3) is 5.05. The molecule has 0 amide bonds. The number of guanidine groups is 1. The molecule has 0 fully saturated rings. The van der Waals surface area contributed by atoms with Crippen molar-refractivity contribution in [2.45, 2.75) is 26.8 Å². The minimum atomic E-state index is 0.332. The molecule has 0 aromatic heterocycles. The first-order chi connectivity index (χ1) is 12.4. The average molecular weight is 357 g/mol. The number of aromatic hydroxyl groups is 1. The van der Waals surface area contributed by atoms with Gasteiger partial charge in [0.1, 0.15) is 5.75 Å². The molecule has 4 N–H and O–H groups in total. The molecule has 0 atom stereocenters. The van der Waals surface area contributed by atoms with Crippen LogP contribution >= 0.6 is 0 Å². The standard InChI is InChI=1S/C20H27N3O3/c1-13-9-16(10-14(2)19(13)24)12-23-20(21)22-8-7-15-5-6-17(25-3)18(11-15)26-4/h5-6,9-11,24H,7-8,12H2,1-4H3,(H3,21,22,23). The number of aryl methyl sites for hydroxylation is 2. The van der Waals surface area contributed by atoms with Crippen LogP contribution in [-0.2, 0) is 13.0 Å². The van der Waals surface area contributed by atoms with E-state index in [0.29, 0.717) is 36.3 Å². The summed E-state index contributed by atoms with van der Waals surface area (Å²) in [6.45, 7) is 4.89. The maximum atomic E-state index is 9.81. The highest BCUT2D eigenvalue weighted by Gasteiger charge is 2.05. The lowest BCUT2D eigenvalue weighted by molar-refractivity contribution is 0.354. The third-order valence-electron chi connectivity index (χ3n) is 4.15. The van der Waals surface area contributed by atoms with Gasteiger partial charge in [0.05, 0.1) is 20.8 Å². The Morgan fingerprint density at radius 1 is 1.04 bits per heavy atom. The summed E-state index contributed by atoms with van der Waals surface area (Å²) in [5.41, 5.74) is 9.76. The molecule has 2 rings (SSSR count). The van der Waals surface area contributed by atoms with Crippen LogP contribution in [0.2, 0.25) is 0 Å². The monoisotopic (exact) mass is 357 g/mol. The summed E-state index contributed by atoms with van der Waals surface area (Å²) in [7, 11) is 3.24. The molecule has 6 nitrogen and oxygen atoms in total. The van der Waals surface area contributed by atoms with Crippen LogP contribution in [0.25, 0.3) is 0 Å². The van der Waals surface area contributed by atoms with E-state index in [0.717, 1.165) is 28.7 Å². The van der Waals surface area contributed by atoms with Gasteiger partial charge in [-0.3, -0.25) is 0 Å². The van der Waals surface area contributed by atoms with Gasteiger partial charge in [0.25, 0.3) is 0 Å². The second-order valence-corrected chi connectivity index (χ2v) is 6.15. The first kappa shape index (κ1) is 19.4. The molecule has 26 heavy (non-hydrogen) atoms. The molecule has 0 spiro atoms. The van der Waals surface area contributed by atoms with Crippen molar-refractivity contribution >= 4 is 5.96 Å². The molecule has 0 aliphatic rings. The Morgan fingerprint density at radius 3 is 2.31 bits per heavy atom. The van der Waals surface area contributed by atoms with Crippen LogP contribution in [0, 0.1) is 13.8 Å². The second kappa shape index (κ2) is 8.99. The summed E-state index contributed by atoms with van der Waals surface area (Å²) in [6.07, 6.45) is 0.786. The summed E-state index contributed by atoms with van der Waals surface area (Å²) < 4.78 is 10.5. The van der Waals surface area contributed by atoms with Gasteiger partial charge in [-0.25, -0.2) is 4.99 Å². The van der Waals surface area contributed by atoms with E-state index in [2.05, 4.69) is 10.3 Å². The maximum absolute atomic E-state index is 9.81. The van der Waals surface area contributed by atoms with E-state index in [-0.39, 0.29) is 0 Å². The van der Waals surface area contributed by atoms with Crippen LogP contribution in [0.15, 0.2) is 35.3 Å². The van der Waals surface area contributed by atoms with Crippen molar-refractivity contribution in [2.75, 3.05) is 20.8 Å². The van der Waals surface area contributed by atoms with Gasteiger partial charge in [0, 0.05) is 6.54 Å². The Hall–Kier alpha value is -2.89. The van der Waals surface area contributed by atoms with Gasteiger partial charge < -0.3 is 25.6 Å². The summed E-state index contributed by atoms with van der Waals surface area (Å²) >= 11 is 0. The van der Waals surface area contributed by atoms with Gasteiger partial charge in [-0.15, -0.1) is 0 Å². The van der Waals surface area contributed by atoms with Crippen molar-refractivity contribution in [3.63, 3.8) is 0 Å². The average Bonchev–Trinajstić information content (AvgIpc) is 2.64. The molecule has 0 saturated heterocycles.